The molecule has 2 heterocycles. The van der Waals surface area contributed by atoms with E-state index in [9.17, 15) is 9.59 Å². The summed E-state index contributed by atoms with van der Waals surface area (Å²) < 4.78 is 0. The highest BCUT2D eigenvalue weighted by Gasteiger charge is 2.45. The van der Waals surface area contributed by atoms with Crippen LogP contribution in [0, 0.1) is 5.92 Å². The van der Waals surface area contributed by atoms with E-state index in [1.807, 2.05) is 4.90 Å². The van der Waals surface area contributed by atoms with E-state index in [2.05, 4.69) is 53.6 Å². The highest BCUT2D eigenvalue weighted by Crippen LogP contribution is 2.47. The van der Waals surface area contributed by atoms with Gasteiger partial charge in [-0.15, -0.1) is 23.2 Å². The molecule has 5 unspecified atom stereocenters. The molecule has 1 aromatic rings. The van der Waals surface area contributed by atoms with Gasteiger partial charge in [-0.25, -0.2) is 0 Å². The van der Waals surface area contributed by atoms with Crippen LogP contribution in [0.4, 0.5) is 0 Å². The molecule has 2 saturated heterocycles. The molecule has 2 aliphatic carbocycles. The summed E-state index contributed by atoms with van der Waals surface area (Å²) in [6.07, 6.45) is 11.8. The first-order valence-corrected chi connectivity index (χ1v) is 13.0. The van der Waals surface area contributed by atoms with Gasteiger partial charge in [0.1, 0.15) is 0 Å². The number of hydrogen-bond acceptors (Lipinski definition) is 3. The zero-order valence-corrected chi connectivity index (χ0v) is 20.9. The minimum Gasteiger partial charge on any atom is -0.343 e. The molecule has 1 spiro atoms. The second kappa shape index (κ2) is 9.52. The Morgan fingerprint density at radius 2 is 1.94 bits per heavy atom. The number of carbonyl (C=O) groups excluding carboxylic acids is 2. The number of nitrogens with zero attached hydrogens (tertiary/aromatic N) is 2. The first-order chi connectivity index (χ1) is 16.4. The van der Waals surface area contributed by atoms with Crippen LogP contribution in [-0.4, -0.2) is 71.1 Å². The average Bonchev–Trinajstić information content (AvgIpc) is 3.48. The van der Waals surface area contributed by atoms with Crippen molar-refractivity contribution >= 4 is 41.1 Å². The lowest BCUT2D eigenvalue weighted by Crippen LogP contribution is -2.51. The van der Waals surface area contributed by atoms with E-state index in [0.717, 1.165) is 39.0 Å². The molecule has 2 fully saturated rings. The second-order valence-electron chi connectivity index (χ2n) is 9.94. The summed E-state index contributed by atoms with van der Waals surface area (Å²) in [5.41, 5.74) is 3.40. The normalized spacial score (nSPS) is 32.7. The van der Waals surface area contributed by atoms with Gasteiger partial charge in [0.25, 0.3) is 5.91 Å². The van der Waals surface area contributed by atoms with Crippen molar-refractivity contribution in [3.05, 3.63) is 65.3 Å². The Morgan fingerprint density at radius 1 is 1.12 bits per heavy atom. The van der Waals surface area contributed by atoms with Gasteiger partial charge in [-0.1, -0.05) is 61.6 Å². The third kappa shape index (κ3) is 4.34. The molecule has 180 valence electrons. The van der Waals surface area contributed by atoms with Gasteiger partial charge < -0.3 is 10.2 Å². The summed E-state index contributed by atoms with van der Waals surface area (Å²) in [6, 6.07) is 9.13. The van der Waals surface area contributed by atoms with Crippen molar-refractivity contribution in [1.82, 2.24) is 15.1 Å². The minimum absolute atomic E-state index is 0.00488. The van der Waals surface area contributed by atoms with Gasteiger partial charge in [-0.2, -0.15) is 0 Å². The minimum atomic E-state index is -0.429. The molecule has 1 aromatic carbocycles. The Balaban J connectivity index is 1.13. The molecule has 7 heteroatoms. The topological polar surface area (TPSA) is 52.6 Å². The van der Waals surface area contributed by atoms with Crippen LogP contribution < -0.4 is 5.32 Å². The smallest absolute Gasteiger partial charge is 0.251 e. The van der Waals surface area contributed by atoms with Gasteiger partial charge in [0.2, 0.25) is 5.91 Å². The zero-order chi connectivity index (χ0) is 23.9. The Kier molecular flexibility index (Phi) is 6.62. The molecule has 0 saturated carbocycles. The van der Waals surface area contributed by atoms with E-state index in [-0.39, 0.29) is 29.2 Å². The molecule has 34 heavy (non-hydrogen) atoms. The van der Waals surface area contributed by atoms with Crippen molar-refractivity contribution in [3.63, 3.8) is 0 Å². The van der Waals surface area contributed by atoms with Gasteiger partial charge >= 0.3 is 0 Å². The summed E-state index contributed by atoms with van der Waals surface area (Å²) in [6.45, 7) is 5.88. The highest BCUT2D eigenvalue weighted by molar-refractivity contribution is 6.32. The number of alkyl halides is 2. The summed E-state index contributed by atoms with van der Waals surface area (Å²) in [5.74, 6) is 0.179. The maximum absolute atomic E-state index is 12.8. The number of halogens is 2. The van der Waals surface area contributed by atoms with E-state index in [0.29, 0.717) is 17.5 Å². The fraction of sp³-hybridized carbons (Fsp3) is 0.481. The van der Waals surface area contributed by atoms with Gasteiger partial charge in [-0.05, 0) is 36.4 Å². The van der Waals surface area contributed by atoms with Crippen molar-refractivity contribution in [3.8, 4) is 0 Å². The molecule has 0 bridgehead atoms. The van der Waals surface area contributed by atoms with E-state index in [1.54, 1.807) is 18.2 Å². The van der Waals surface area contributed by atoms with Crippen molar-refractivity contribution in [2.45, 2.75) is 42.0 Å². The van der Waals surface area contributed by atoms with Crippen LogP contribution >= 0.6 is 23.2 Å². The van der Waals surface area contributed by atoms with Crippen LogP contribution in [0.2, 0.25) is 0 Å². The van der Waals surface area contributed by atoms with Crippen molar-refractivity contribution < 1.29 is 9.59 Å². The first kappa shape index (κ1) is 23.7. The van der Waals surface area contributed by atoms with E-state index in [4.69, 9.17) is 23.2 Å². The quantitative estimate of drug-likeness (QED) is 0.642. The van der Waals surface area contributed by atoms with Crippen molar-refractivity contribution in [2.24, 2.45) is 5.92 Å². The Bertz CT molecular complexity index is 1070. The number of amides is 2. The van der Waals surface area contributed by atoms with E-state index >= 15 is 0 Å². The second-order valence-corrected chi connectivity index (χ2v) is 10.9. The fourth-order valence-corrected chi connectivity index (χ4v) is 6.33. The number of benzene rings is 1. The number of hydrogen-bond donors (Lipinski definition) is 1. The third-order valence-corrected chi connectivity index (χ3v) is 8.96. The molecule has 5 atom stereocenters. The van der Waals surface area contributed by atoms with Crippen LogP contribution in [0.15, 0.2) is 54.1 Å². The molecule has 2 aliphatic heterocycles. The summed E-state index contributed by atoms with van der Waals surface area (Å²) in [7, 11) is 0. The van der Waals surface area contributed by atoms with Crippen LogP contribution in [0.1, 0.15) is 30.9 Å². The van der Waals surface area contributed by atoms with Gasteiger partial charge in [0, 0.05) is 36.7 Å². The third-order valence-electron chi connectivity index (χ3n) is 8.02. The molecule has 5 rings (SSSR count). The van der Waals surface area contributed by atoms with E-state index < -0.39 is 5.38 Å². The molecule has 2 amide bonds. The number of likely N-dealkylation sites (tertiary alicyclic amines) is 2. The maximum atomic E-state index is 12.8. The number of fused-ring (bicyclic) bond motifs is 2. The molecular formula is C27H31Cl2N3O2. The van der Waals surface area contributed by atoms with Crippen LogP contribution in [0.25, 0.3) is 6.08 Å². The largest absolute Gasteiger partial charge is 0.343 e. The Labute approximate surface area is 211 Å². The predicted molar refractivity (Wildman–Crippen MR) is 137 cm³/mol. The van der Waals surface area contributed by atoms with Gasteiger partial charge in [0.05, 0.1) is 17.3 Å². The number of allylic oxidation sites excluding steroid dienone is 3. The number of carbonyl (C=O) groups is 2. The standard InChI is InChI=1S/C27H31Cl2N3O2/c1-18-16-31(13-11-27(18)10-8-19-4-2-3-5-22(19)27)21-9-12-32(17-21)25(33)15-30-26(34)20-6-7-23(28)24(29)14-20/h2-8,10,14,18,21,23-24H,9,11-13,15-17H2,1H3,(H,30,34). The lowest BCUT2D eigenvalue weighted by Gasteiger charge is -2.46. The molecule has 1 N–H and O–H groups in total. The fourth-order valence-electron chi connectivity index (χ4n) is 5.96. The number of rotatable bonds is 4. The average molecular weight is 500 g/mol. The van der Waals surface area contributed by atoms with Crippen molar-refractivity contribution in [2.75, 3.05) is 32.7 Å². The molecule has 4 aliphatic rings. The number of nitrogens with one attached hydrogen (secondary N) is 1. The van der Waals surface area contributed by atoms with E-state index in [1.165, 1.54) is 11.1 Å². The molecule has 0 aromatic heterocycles. The Hall–Kier alpha value is -2.08. The van der Waals surface area contributed by atoms with Crippen LogP contribution in [0.3, 0.4) is 0 Å². The monoisotopic (exact) mass is 499 g/mol. The first-order valence-electron chi connectivity index (χ1n) is 12.1. The molecule has 5 nitrogen and oxygen atoms in total. The molecular weight excluding hydrogens is 469 g/mol. The summed E-state index contributed by atoms with van der Waals surface area (Å²) >= 11 is 12.1. The summed E-state index contributed by atoms with van der Waals surface area (Å²) in [4.78, 5) is 29.6. The maximum Gasteiger partial charge on any atom is 0.251 e. The lowest BCUT2D eigenvalue weighted by molar-refractivity contribution is -0.131. The summed E-state index contributed by atoms with van der Waals surface area (Å²) in [5, 5.41) is 1.98. The van der Waals surface area contributed by atoms with Gasteiger partial charge in [-0.3, -0.25) is 14.5 Å². The lowest BCUT2D eigenvalue weighted by atomic mass is 9.68. The molecule has 0 radical (unpaired) electrons. The Morgan fingerprint density at radius 3 is 2.74 bits per heavy atom. The van der Waals surface area contributed by atoms with Gasteiger partial charge in [0.15, 0.2) is 0 Å². The van der Waals surface area contributed by atoms with Crippen molar-refractivity contribution in [1.29, 1.82) is 0 Å². The van der Waals surface area contributed by atoms with Crippen LogP contribution in [-0.2, 0) is 15.0 Å². The SMILES string of the molecule is CC1CN(C2CCN(C(=O)CNC(=O)C3=CC(Cl)C(Cl)C=C3)C2)CCC12C=Cc1ccccc12. The van der Waals surface area contributed by atoms with Crippen LogP contribution in [0.5, 0.6) is 0 Å². The highest BCUT2D eigenvalue weighted by atomic mass is 35.5. The predicted octanol–water partition coefficient (Wildman–Crippen LogP) is 3.72. The number of piperidine rings is 1. The zero-order valence-electron chi connectivity index (χ0n) is 19.4.